The zero-order valence-corrected chi connectivity index (χ0v) is 13.6. The molecule has 110 valence electrons. The van der Waals surface area contributed by atoms with Gasteiger partial charge in [0.25, 0.3) is 0 Å². The molecule has 2 aromatic rings. The molecule has 0 radical (unpaired) electrons. The summed E-state index contributed by atoms with van der Waals surface area (Å²) < 4.78 is 5.34. The maximum atomic E-state index is 11.7. The molecule has 2 rings (SSSR count). The average Bonchev–Trinajstić information content (AvgIpc) is 2.43. The van der Waals surface area contributed by atoms with Gasteiger partial charge in [-0.15, -0.1) is 0 Å². The first-order chi connectivity index (χ1) is 9.88. The molecule has 6 heteroatoms. The van der Waals surface area contributed by atoms with E-state index in [4.69, 9.17) is 39.5 Å². The molecule has 21 heavy (non-hydrogen) atoms. The fraction of sp³-hybridized carbons (Fsp3) is 0.133. The van der Waals surface area contributed by atoms with Crippen LogP contribution in [0.3, 0.4) is 0 Å². The van der Waals surface area contributed by atoms with Crippen LogP contribution in [-0.4, -0.2) is 25.1 Å². The highest BCUT2D eigenvalue weighted by molar-refractivity contribution is 6.42. The first kappa shape index (κ1) is 16.0. The predicted octanol–water partition coefficient (Wildman–Crippen LogP) is 5.37. The van der Waals surface area contributed by atoms with Crippen LogP contribution in [0.5, 0.6) is 5.75 Å². The topological polar surface area (TPSA) is 29.5 Å². The Balaban J connectivity index is 2.48. The van der Waals surface area contributed by atoms with Gasteiger partial charge in [-0.25, -0.2) is 4.79 Å². The first-order valence-electron chi connectivity index (χ1n) is 6.02. The monoisotopic (exact) mass is 343 g/mol. The molecule has 0 atom stereocenters. The number of hydrogen-bond donors (Lipinski definition) is 0. The SMILES string of the molecule is CN(C)C(=O)Oc1ccc(Cl)cc1-c1ccc(Cl)c(Cl)c1. The van der Waals surface area contributed by atoms with E-state index in [0.29, 0.717) is 26.4 Å². The molecule has 0 spiro atoms. The Hall–Kier alpha value is -1.42. The van der Waals surface area contributed by atoms with Gasteiger partial charge in [-0.1, -0.05) is 40.9 Å². The number of carbonyl (C=O) groups excluding carboxylic acids is 1. The number of ether oxygens (including phenoxy) is 1. The fourth-order valence-corrected chi connectivity index (χ4v) is 2.14. The molecule has 0 aliphatic carbocycles. The van der Waals surface area contributed by atoms with E-state index in [-0.39, 0.29) is 0 Å². The van der Waals surface area contributed by atoms with E-state index < -0.39 is 6.09 Å². The lowest BCUT2D eigenvalue weighted by Gasteiger charge is -2.14. The molecule has 0 bridgehead atoms. The van der Waals surface area contributed by atoms with Crippen molar-refractivity contribution in [1.82, 2.24) is 4.90 Å². The lowest BCUT2D eigenvalue weighted by molar-refractivity contribution is 0.172. The van der Waals surface area contributed by atoms with Crippen molar-refractivity contribution in [1.29, 1.82) is 0 Å². The molecule has 0 unspecified atom stereocenters. The van der Waals surface area contributed by atoms with Gasteiger partial charge in [0.05, 0.1) is 10.0 Å². The Morgan fingerprint density at radius 1 is 1.00 bits per heavy atom. The summed E-state index contributed by atoms with van der Waals surface area (Å²) in [4.78, 5) is 13.1. The smallest absolute Gasteiger partial charge is 0.410 e. The van der Waals surface area contributed by atoms with E-state index in [1.807, 2.05) is 0 Å². The van der Waals surface area contributed by atoms with Gasteiger partial charge in [0.1, 0.15) is 5.75 Å². The van der Waals surface area contributed by atoms with Crippen molar-refractivity contribution in [3.05, 3.63) is 51.5 Å². The van der Waals surface area contributed by atoms with Crippen molar-refractivity contribution in [2.45, 2.75) is 0 Å². The fourth-order valence-electron chi connectivity index (χ4n) is 1.67. The molecular formula is C15H12Cl3NO2. The van der Waals surface area contributed by atoms with E-state index in [2.05, 4.69) is 0 Å². The molecule has 0 saturated heterocycles. The lowest BCUT2D eigenvalue weighted by atomic mass is 10.0. The number of halogens is 3. The number of nitrogens with zero attached hydrogens (tertiary/aromatic N) is 1. The third kappa shape index (κ3) is 3.82. The Labute approximate surface area is 138 Å². The minimum absolute atomic E-state index is 0.400. The quantitative estimate of drug-likeness (QED) is 0.732. The van der Waals surface area contributed by atoms with Gasteiger partial charge < -0.3 is 9.64 Å². The lowest BCUT2D eigenvalue weighted by Crippen LogP contribution is -2.25. The maximum absolute atomic E-state index is 11.7. The summed E-state index contributed by atoms with van der Waals surface area (Å²) in [5.74, 6) is 0.400. The number of hydrogen-bond acceptors (Lipinski definition) is 2. The molecule has 0 aromatic heterocycles. The minimum Gasteiger partial charge on any atom is -0.410 e. The van der Waals surface area contributed by atoms with Crippen LogP contribution in [0.15, 0.2) is 36.4 Å². The molecule has 0 saturated carbocycles. The molecule has 0 N–H and O–H groups in total. The molecular weight excluding hydrogens is 333 g/mol. The molecule has 3 nitrogen and oxygen atoms in total. The largest absolute Gasteiger partial charge is 0.414 e. The molecule has 0 fully saturated rings. The van der Waals surface area contributed by atoms with Crippen LogP contribution in [0.1, 0.15) is 0 Å². The number of carbonyl (C=O) groups is 1. The summed E-state index contributed by atoms with van der Waals surface area (Å²) in [6.45, 7) is 0. The summed E-state index contributed by atoms with van der Waals surface area (Å²) in [7, 11) is 3.22. The Bertz CT molecular complexity index is 687. The summed E-state index contributed by atoms with van der Waals surface area (Å²) in [5.41, 5.74) is 1.42. The van der Waals surface area contributed by atoms with Crippen molar-refractivity contribution in [2.24, 2.45) is 0 Å². The van der Waals surface area contributed by atoms with Crippen LogP contribution in [0.25, 0.3) is 11.1 Å². The normalized spacial score (nSPS) is 10.3. The van der Waals surface area contributed by atoms with Crippen molar-refractivity contribution in [2.75, 3.05) is 14.1 Å². The van der Waals surface area contributed by atoms with Gasteiger partial charge in [0.2, 0.25) is 0 Å². The van der Waals surface area contributed by atoms with Gasteiger partial charge in [-0.2, -0.15) is 0 Å². The van der Waals surface area contributed by atoms with E-state index in [0.717, 1.165) is 5.56 Å². The second-order valence-electron chi connectivity index (χ2n) is 4.53. The summed E-state index contributed by atoms with van der Waals surface area (Å²) in [6.07, 6.45) is -0.473. The number of amides is 1. The van der Waals surface area contributed by atoms with E-state index >= 15 is 0 Å². The van der Waals surface area contributed by atoms with Gasteiger partial charge in [0, 0.05) is 24.7 Å². The van der Waals surface area contributed by atoms with Gasteiger partial charge in [0.15, 0.2) is 0 Å². The highest BCUT2D eigenvalue weighted by Gasteiger charge is 2.14. The van der Waals surface area contributed by atoms with Crippen molar-refractivity contribution in [3.8, 4) is 16.9 Å². The third-order valence-corrected chi connectivity index (χ3v) is 3.71. The maximum Gasteiger partial charge on any atom is 0.414 e. The van der Waals surface area contributed by atoms with E-state index in [1.165, 1.54) is 4.90 Å². The van der Waals surface area contributed by atoms with E-state index in [1.54, 1.807) is 50.5 Å². The Morgan fingerprint density at radius 3 is 2.33 bits per heavy atom. The summed E-state index contributed by atoms with van der Waals surface area (Å²) in [5, 5.41) is 1.40. The second-order valence-corrected chi connectivity index (χ2v) is 5.78. The second kappa shape index (κ2) is 6.56. The molecule has 0 aliphatic rings. The molecule has 1 amide bonds. The number of rotatable bonds is 2. The van der Waals surface area contributed by atoms with Gasteiger partial charge in [-0.05, 0) is 35.9 Å². The minimum atomic E-state index is -0.473. The van der Waals surface area contributed by atoms with Crippen LogP contribution in [0.2, 0.25) is 15.1 Å². The number of benzene rings is 2. The molecule has 2 aromatic carbocycles. The van der Waals surface area contributed by atoms with Crippen LogP contribution in [-0.2, 0) is 0 Å². The predicted molar refractivity (Wildman–Crippen MR) is 86.6 cm³/mol. The van der Waals surface area contributed by atoms with Gasteiger partial charge >= 0.3 is 6.09 Å². The van der Waals surface area contributed by atoms with Crippen LogP contribution in [0.4, 0.5) is 4.79 Å². The summed E-state index contributed by atoms with van der Waals surface area (Å²) in [6, 6.07) is 10.2. The standard InChI is InChI=1S/C15H12Cl3NO2/c1-19(2)15(20)21-14-6-4-10(16)8-11(14)9-3-5-12(17)13(18)7-9/h3-8H,1-2H3. The zero-order valence-electron chi connectivity index (χ0n) is 11.4. The van der Waals surface area contributed by atoms with Crippen molar-refractivity contribution < 1.29 is 9.53 Å². The Morgan fingerprint density at radius 2 is 1.71 bits per heavy atom. The van der Waals surface area contributed by atoms with Crippen LogP contribution >= 0.6 is 34.8 Å². The van der Waals surface area contributed by atoms with Crippen molar-refractivity contribution >= 4 is 40.9 Å². The van der Waals surface area contributed by atoms with E-state index in [9.17, 15) is 4.79 Å². The van der Waals surface area contributed by atoms with Crippen molar-refractivity contribution in [3.63, 3.8) is 0 Å². The van der Waals surface area contributed by atoms with Crippen LogP contribution < -0.4 is 4.74 Å². The first-order valence-corrected chi connectivity index (χ1v) is 7.16. The van der Waals surface area contributed by atoms with Crippen LogP contribution in [0, 0.1) is 0 Å². The molecule has 0 aliphatic heterocycles. The highest BCUT2D eigenvalue weighted by atomic mass is 35.5. The van der Waals surface area contributed by atoms with Gasteiger partial charge in [-0.3, -0.25) is 0 Å². The third-order valence-electron chi connectivity index (χ3n) is 2.73. The average molecular weight is 345 g/mol. The highest BCUT2D eigenvalue weighted by Crippen LogP contribution is 2.36. The Kier molecular flexibility index (Phi) is 4.99. The zero-order chi connectivity index (χ0) is 15.6. The molecule has 0 heterocycles. The summed E-state index contributed by atoms with van der Waals surface area (Å²) >= 11 is 18.0.